The highest BCUT2D eigenvalue weighted by molar-refractivity contribution is 7.17. The topological polar surface area (TPSA) is 20.3 Å². The Morgan fingerprint density at radius 1 is 1.15 bits per heavy atom. The highest BCUT2D eigenvalue weighted by Crippen LogP contribution is 2.33. The fourth-order valence-electron chi connectivity index (χ4n) is 3.34. The van der Waals surface area contributed by atoms with Crippen molar-refractivity contribution in [2.45, 2.75) is 32.2 Å². The van der Waals surface area contributed by atoms with E-state index in [1.165, 1.54) is 34.1 Å². The molecule has 3 heteroatoms. The van der Waals surface area contributed by atoms with Gasteiger partial charge in [-0.25, -0.2) is 0 Å². The zero-order chi connectivity index (χ0) is 13.5. The molecular weight excluding hydrogens is 266 g/mol. The Balaban J connectivity index is 1.56. The van der Waals surface area contributed by atoms with Crippen LogP contribution in [0.2, 0.25) is 0 Å². The van der Waals surface area contributed by atoms with Crippen molar-refractivity contribution >= 4 is 27.3 Å². The minimum atomic E-state index is 0.283. The third-order valence-electron chi connectivity index (χ3n) is 4.40. The van der Waals surface area contributed by atoms with E-state index in [1.807, 2.05) is 4.90 Å². The molecule has 0 saturated carbocycles. The average molecular weight is 283 g/mol. The lowest BCUT2D eigenvalue weighted by Gasteiger charge is -2.17. The molecule has 2 nitrogen and oxygen atoms in total. The molecule has 2 aliphatic rings. The van der Waals surface area contributed by atoms with Crippen LogP contribution in [-0.4, -0.2) is 17.4 Å². The molecule has 0 fully saturated rings. The van der Waals surface area contributed by atoms with Crippen LogP contribution in [0.3, 0.4) is 0 Å². The van der Waals surface area contributed by atoms with E-state index < -0.39 is 0 Å². The first kappa shape index (κ1) is 12.2. The van der Waals surface area contributed by atoms with E-state index in [2.05, 4.69) is 29.6 Å². The first-order valence-electron chi connectivity index (χ1n) is 7.27. The van der Waals surface area contributed by atoms with Gasteiger partial charge in [0.2, 0.25) is 5.91 Å². The molecule has 0 radical (unpaired) electrons. The lowest BCUT2D eigenvalue weighted by Crippen LogP contribution is -2.26. The van der Waals surface area contributed by atoms with Crippen molar-refractivity contribution in [1.82, 2.24) is 4.90 Å². The lowest BCUT2D eigenvalue weighted by molar-refractivity contribution is -0.126. The van der Waals surface area contributed by atoms with Gasteiger partial charge in [0, 0.05) is 23.4 Å². The number of thiophene rings is 1. The summed E-state index contributed by atoms with van der Waals surface area (Å²) in [4.78, 5) is 14.4. The molecule has 1 aromatic heterocycles. The summed E-state index contributed by atoms with van der Waals surface area (Å²) in [5.74, 6) is 0.283. The van der Waals surface area contributed by atoms with Crippen LogP contribution in [0, 0.1) is 0 Å². The monoisotopic (exact) mass is 283 g/mol. The second-order valence-corrected chi connectivity index (χ2v) is 6.69. The SMILES string of the molecule is O=C1C2=C(CCCC2)CN1Cc1ccc2ccsc2c1. The number of rotatable bonds is 2. The molecule has 2 aromatic rings. The first-order valence-corrected chi connectivity index (χ1v) is 8.15. The molecule has 1 aromatic carbocycles. The fourth-order valence-corrected chi connectivity index (χ4v) is 4.19. The van der Waals surface area contributed by atoms with Crippen LogP contribution in [0.15, 0.2) is 40.8 Å². The second kappa shape index (κ2) is 4.74. The van der Waals surface area contributed by atoms with Crippen LogP contribution in [0.5, 0.6) is 0 Å². The number of benzene rings is 1. The van der Waals surface area contributed by atoms with E-state index in [-0.39, 0.29) is 5.91 Å². The maximum absolute atomic E-state index is 12.4. The summed E-state index contributed by atoms with van der Waals surface area (Å²) in [6.45, 7) is 1.61. The number of nitrogens with zero attached hydrogens (tertiary/aromatic N) is 1. The number of hydrogen-bond acceptors (Lipinski definition) is 2. The van der Waals surface area contributed by atoms with Gasteiger partial charge in [0.1, 0.15) is 0 Å². The van der Waals surface area contributed by atoms with Crippen LogP contribution in [-0.2, 0) is 11.3 Å². The highest BCUT2D eigenvalue weighted by atomic mass is 32.1. The van der Waals surface area contributed by atoms with Gasteiger partial charge < -0.3 is 4.90 Å². The molecule has 0 N–H and O–H groups in total. The van der Waals surface area contributed by atoms with Gasteiger partial charge in [-0.2, -0.15) is 0 Å². The molecule has 102 valence electrons. The predicted molar refractivity (Wildman–Crippen MR) is 82.7 cm³/mol. The maximum atomic E-state index is 12.4. The van der Waals surface area contributed by atoms with E-state index in [9.17, 15) is 4.79 Å². The van der Waals surface area contributed by atoms with Crippen molar-refractivity contribution in [1.29, 1.82) is 0 Å². The predicted octanol–water partition coefficient (Wildman–Crippen LogP) is 4.11. The van der Waals surface area contributed by atoms with E-state index in [4.69, 9.17) is 0 Å². The Kier molecular flexibility index (Phi) is 2.88. The van der Waals surface area contributed by atoms with E-state index in [1.54, 1.807) is 11.3 Å². The van der Waals surface area contributed by atoms with Gasteiger partial charge in [-0.3, -0.25) is 4.79 Å². The van der Waals surface area contributed by atoms with Crippen molar-refractivity contribution in [3.8, 4) is 0 Å². The molecule has 0 bridgehead atoms. The zero-order valence-electron chi connectivity index (χ0n) is 11.4. The number of hydrogen-bond donors (Lipinski definition) is 0. The van der Waals surface area contributed by atoms with Gasteiger partial charge in [-0.15, -0.1) is 11.3 Å². The smallest absolute Gasteiger partial charge is 0.250 e. The van der Waals surface area contributed by atoms with Crippen LogP contribution < -0.4 is 0 Å². The van der Waals surface area contributed by atoms with Crippen molar-refractivity contribution in [3.05, 3.63) is 46.4 Å². The summed E-state index contributed by atoms with van der Waals surface area (Å²) in [5.41, 5.74) is 3.76. The summed E-state index contributed by atoms with van der Waals surface area (Å²) < 4.78 is 1.31. The lowest BCUT2D eigenvalue weighted by atomic mass is 9.94. The largest absolute Gasteiger partial charge is 0.331 e. The van der Waals surface area contributed by atoms with E-state index in [0.717, 1.165) is 31.5 Å². The van der Waals surface area contributed by atoms with Gasteiger partial charge in [0.25, 0.3) is 0 Å². The van der Waals surface area contributed by atoms with Crippen molar-refractivity contribution in [2.75, 3.05) is 6.54 Å². The van der Waals surface area contributed by atoms with Crippen LogP contribution in [0.25, 0.3) is 10.1 Å². The second-order valence-electron chi connectivity index (χ2n) is 5.74. The Labute approximate surface area is 122 Å². The Morgan fingerprint density at radius 2 is 2.05 bits per heavy atom. The molecule has 1 aliphatic heterocycles. The zero-order valence-corrected chi connectivity index (χ0v) is 12.2. The maximum Gasteiger partial charge on any atom is 0.250 e. The molecular formula is C17H17NOS. The third kappa shape index (κ3) is 1.97. The summed E-state index contributed by atoms with van der Waals surface area (Å²) in [6, 6.07) is 8.68. The summed E-state index contributed by atoms with van der Waals surface area (Å²) in [6.07, 6.45) is 4.55. The quantitative estimate of drug-likeness (QED) is 0.812. The van der Waals surface area contributed by atoms with Gasteiger partial charge in [0.05, 0.1) is 0 Å². The molecule has 1 amide bonds. The molecule has 0 saturated heterocycles. The van der Waals surface area contributed by atoms with Crippen molar-refractivity contribution in [3.63, 3.8) is 0 Å². The third-order valence-corrected chi connectivity index (χ3v) is 5.28. The minimum absolute atomic E-state index is 0.283. The van der Waals surface area contributed by atoms with Gasteiger partial charge in [0.15, 0.2) is 0 Å². The fraction of sp³-hybridized carbons (Fsp3) is 0.353. The van der Waals surface area contributed by atoms with Crippen LogP contribution >= 0.6 is 11.3 Å². The molecule has 1 aliphatic carbocycles. The van der Waals surface area contributed by atoms with Crippen molar-refractivity contribution in [2.24, 2.45) is 0 Å². The standard InChI is InChI=1S/C17H17NOS/c19-17-15-4-2-1-3-14(15)11-18(17)10-12-5-6-13-7-8-20-16(13)9-12/h5-9H,1-4,10-11H2. The minimum Gasteiger partial charge on any atom is -0.331 e. The average Bonchev–Trinajstić information content (AvgIpc) is 3.05. The molecule has 20 heavy (non-hydrogen) atoms. The molecule has 0 atom stereocenters. The van der Waals surface area contributed by atoms with Gasteiger partial charge in [-0.1, -0.05) is 12.1 Å². The highest BCUT2D eigenvalue weighted by Gasteiger charge is 2.31. The molecule has 0 spiro atoms. The number of amides is 1. The Bertz CT molecular complexity index is 713. The molecule has 4 rings (SSSR count). The van der Waals surface area contributed by atoms with E-state index >= 15 is 0 Å². The number of fused-ring (bicyclic) bond motifs is 1. The first-order chi connectivity index (χ1) is 9.81. The summed E-state index contributed by atoms with van der Waals surface area (Å²) >= 11 is 1.77. The van der Waals surface area contributed by atoms with Gasteiger partial charge in [-0.05, 0) is 59.7 Å². The number of carbonyl (C=O) groups excluding carboxylic acids is 1. The summed E-state index contributed by atoms with van der Waals surface area (Å²) in [5, 5.41) is 3.42. The molecule has 0 unspecified atom stereocenters. The van der Waals surface area contributed by atoms with Crippen LogP contribution in [0.1, 0.15) is 31.2 Å². The van der Waals surface area contributed by atoms with Crippen LogP contribution in [0.4, 0.5) is 0 Å². The van der Waals surface area contributed by atoms with E-state index in [0.29, 0.717) is 0 Å². The Morgan fingerprint density at radius 3 is 2.95 bits per heavy atom. The molecule has 2 heterocycles. The van der Waals surface area contributed by atoms with Gasteiger partial charge >= 0.3 is 0 Å². The summed E-state index contributed by atoms with van der Waals surface area (Å²) in [7, 11) is 0. The van der Waals surface area contributed by atoms with Crippen molar-refractivity contribution < 1.29 is 4.79 Å². The number of carbonyl (C=O) groups is 1. The Hall–Kier alpha value is -1.61. The normalized spacial score (nSPS) is 19.0.